The minimum absolute atomic E-state index is 0.0907. The number of rotatable bonds is 6. The summed E-state index contributed by atoms with van der Waals surface area (Å²) in [6.45, 7) is 3.60. The number of hydrogen-bond acceptors (Lipinski definition) is 4. The molecule has 0 amide bonds. The molecule has 0 aromatic heterocycles. The Balaban J connectivity index is 2.08. The molecule has 2 rings (SSSR count). The molecular weight excluding hydrogens is 328 g/mol. The Hall–Kier alpha value is -2.33. The predicted molar refractivity (Wildman–Crippen MR) is 92.7 cm³/mol. The van der Waals surface area contributed by atoms with Crippen molar-refractivity contribution in [1.82, 2.24) is 0 Å². The van der Waals surface area contributed by atoms with Gasteiger partial charge in [0, 0.05) is 16.1 Å². The first-order valence-electron chi connectivity index (χ1n) is 7.47. The van der Waals surface area contributed by atoms with Gasteiger partial charge >= 0.3 is 5.97 Å². The van der Waals surface area contributed by atoms with Crippen molar-refractivity contribution in [3.05, 3.63) is 64.7 Å². The number of carbonyl (C=O) groups is 2. The summed E-state index contributed by atoms with van der Waals surface area (Å²) in [6.07, 6.45) is 0.134. The minimum atomic E-state index is -0.700. The van der Waals surface area contributed by atoms with Gasteiger partial charge in [0.05, 0.1) is 13.5 Å². The molecule has 0 aliphatic heterocycles. The zero-order valence-corrected chi connectivity index (χ0v) is 14.6. The fourth-order valence-corrected chi connectivity index (χ4v) is 2.34. The van der Waals surface area contributed by atoms with E-state index in [0.717, 1.165) is 0 Å². The van der Waals surface area contributed by atoms with Crippen LogP contribution in [-0.2, 0) is 9.53 Å². The van der Waals surface area contributed by atoms with E-state index in [1.807, 2.05) is 0 Å². The van der Waals surface area contributed by atoms with Crippen LogP contribution in [0.25, 0.3) is 0 Å². The maximum absolute atomic E-state index is 12.4. The van der Waals surface area contributed by atoms with Crippen LogP contribution in [0.1, 0.15) is 36.2 Å². The first-order valence-corrected chi connectivity index (χ1v) is 7.85. The fraction of sp³-hybridized carbons (Fsp3) is 0.263. The summed E-state index contributed by atoms with van der Waals surface area (Å²) in [7, 11) is 1.34. The molecule has 0 saturated heterocycles. The summed E-state index contributed by atoms with van der Waals surface area (Å²) in [5.74, 6) is 0.151. The lowest BCUT2D eigenvalue weighted by Gasteiger charge is -2.25. The number of ether oxygens (including phenoxy) is 2. The second kappa shape index (κ2) is 7.49. The average molecular weight is 347 g/mol. The van der Waals surface area contributed by atoms with Crippen LogP contribution >= 0.6 is 11.6 Å². The van der Waals surface area contributed by atoms with E-state index in [1.165, 1.54) is 7.11 Å². The molecule has 126 valence electrons. The van der Waals surface area contributed by atoms with E-state index >= 15 is 0 Å². The molecule has 2 aromatic carbocycles. The van der Waals surface area contributed by atoms with Crippen molar-refractivity contribution in [2.75, 3.05) is 7.11 Å². The van der Waals surface area contributed by atoms with Crippen LogP contribution in [0.5, 0.6) is 5.75 Å². The Bertz CT molecular complexity index is 718. The van der Waals surface area contributed by atoms with Gasteiger partial charge in [0.1, 0.15) is 11.4 Å². The Morgan fingerprint density at radius 2 is 1.46 bits per heavy atom. The van der Waals surface area contributed by atoms with Gasteiger partial charge in [-0.25, -0.2) is 0 Å². The van der Waals surface area contributed by atoms with E-state index < -0.39 is 5.60 Å². The van der Waals surface area contributed by atoms with Crippen molar-refractivity contribution in [2.45, 2.75) is 25.9 Å². The molecule has 5 heteroatoms. The van der Waals surface area contributed by atoms with Crippen molar-refractivity contribution >= 4 is 23.4 Å². The lowest BCUT2D eigenvalue weighted by atomic mass is 10.0. The van der Waals surface area contributed by atoms with Gasteiger partial charge in [0.2, 0.25) is 0 Å². The maximum atomic E-state index is 12.4. The summed E-state index contributed by atoms with van der Waals surface area (Å²) >= 11 is 5.83. The predicted octanol–water partition coefficient (Wildman–Crippen LogP) is 4.29. The lowest BCUT2D eigenvalue weighted by molar-refractivity contribution is -0.144. The van der Waals surface area contributed by atoms with Gasteiger partial charge in [0.25, 0.3) is 0 Å². The minimum Gasteiger partial charge on any atom is -0.487 e. The van der Waals surface area contributed by atoms with Crippen LogP contribution in [0.4, 0.5) is 0 Å². The van der Waals surface area contributed by atoms with E-state index in [0.29, 0.717) is 21.9 Å². The molecule has 24 heavy (non-hydrogen) atoms. The third-order valence-electron chi connectivity index (χ3n) is 3.41. The monoisotopic (exact) mass is 346 g/mol. The topological polar surface area (TPSA) is 52.6 Å². The molecule has 0 unspecified atom stereocenters. The van der Waals surface area contributed by atoms with E-state index in [9.17, 15) is 9.59 Å². The molecule has 0 aliphatic rings. The molecule has 0 fully saturated rings. The Kier molecular flexibility index (Phi) is 5.62. The number of esters is 1. The molecule has 4 nitrogen and oxygen atoms in total. The van der Waals surface area contributed by atoms with Crippen LogP contribution < -0.4 is 4.74 Å². The van der Waals surface area contributed by atoms with Crippen LogP contribution in [-0.4, -0.2) is 24.5 Å². The summed E-state index contributed by atoms with van der Waals surface area (Å²) < 4.78 is 10.5. The largest absolute Gasteiger partial charge is 0.487 e. The highest BCUT2D eigenvalue weighted by atomic mass is 35.5. The highest BCUT2D eigenvalue weighted by Crippen LogP contribution is 2.23. The molecule has 0 saturated carbocycles. The SMILES string of the molecule is COC(=O)CC(C)(C)Oc1ccc(C(=O)c2ccc(Cl)cc2)cc1. The molecular formula is C19H19ClO4. The molecule has 0 radical (unpaired) electrons. The third kappa shape index (κ3) is 4.83. The van der Waals surface area contributed by atoms with Crippen molar-refractivity contribution < 1.29 is 19.1 Å². The Morgan fingerprint density at radius 1 is 0.958 bits per heavy atom. The van der Waals surface area contributed by atoms with Gasteiger partial charge in [-0.1, -0.05) is 11.6 Å². The molecule has 0 spiro atoms. The van der Waals surface area contributed by atoms with Gasteiger partial charge in [0.15, 0.2) is 5.78 Å². The smallest absolute Gasteiger partial charge is 0.309 e. The second-order valence-electron chi connectivity index (χ2n) is 5.98. The van der Waals surface area contributed by atoms with Crippen LogP contribution in [0, 0.1) is 0 Å². The summed E-state index contributed by atoms with van der Waals surface area (Å²) in [4.78, 5) is 23.8. The quantitative estimate of drug-likeness (QED) is 0.578. The van der Waals surface area contributed by atoms with Crippen LogP contribution in [0.2, 0.25) is 5.02 Å². The molecule has 2 aromatic rings. The third-order valence-corrected chi connectivity index (χ3v) is 3.67. The van der Waals surface area contributed by atoms with Crippen molar-refractivity contribution in [3.8, 4) is 5.75 Å². The average Bonchev–Trinajstić information content (AvgIpc) is 2.54. The maximum Gasteiger partial charge on any atom is 0.309 e. The molecule has 0 atom stereocenters. The molecule has 0 aliphatic carbocycles. The van der Waals surface area contributed by atoms with Crippen LogP contribution in [0.15, 0.2) is 48.5 Å². The van der Waals surface area contributed by atoms with Gasteiger partial charge in [-0.15, -0.1) is 0 Å². The zero-order valence-electron chi connectivity index (χ0n) is 13.8. The first-order chi connectivity index (χ1) is 11.3. The van der Waals surface area contributed by atoms with E-state index in [4.69, 9.17) is 16.3 Å². The molecule has 0 N–H and O–H groups in total. The molecule has 0 bridgehead atoms. The van der Waals surface area contributed by atoms with Gasteiger partial charge in [-0.2, -0.15) is 0 Å². The van der Waals surface area contributed by atoms with Crippen molar-refractivity contribution in [3.63, 3.8) is 0 Å². The highest BCUT2D eigenvalue weighted by Gasteiger charge is 2.24. The fourth-order valence-electron chi connectivity index (χ4n) is 2.22. The number of halogens is 1. The van der Waals surface area contributed by atoms with Gasteiger partial charge in [-0.3, -0.25) is 9.59 Å². The Labute approximate surface area is 146 Å². The number of methoxy groups -OCH3 is 1. The zero-order chi connectivity index (χ0) is 17.7. The van der Waals surface area contributed by atoms with E-state index in [-0.39, 0.29) is 18.2 Å². The van der Waals surface area contributed by atoms with Crippen LogP contribution in [0.3, 0.4) is 0 Å². The van der Waals surface area contributed by atoms with E-state index in [2.05, 4.69) is 4.74 Å². The number of hydrogen-bond donors (Lipinski definition) is 0. The second-order valence-corrected chi connectivity index (χ2v) is 6.41. The first kappa shape index (κ1) is 18.0. The van der Waals surface area contributed by atoms with E-state index in [1.54, 1.807) is 62.4 Å². The van der Waals surface area contributed by atoms with Crippen molar-refractivity contribution in [1.29, 1.82) is 0 Å². The normalized spacial score (nSPS) is 11.0. The van der Waals surface area contributed by atoms with Gasteiger partial charge < -0.3 is 9.47 Å². The van der Waals surface area contributed by atoms with Crippen molar-refractivity contribution in [2.24, 2.45) is 0 Å². The number of ketones is 1. The number of benzene rings is 2. The molecule has 0 heterocycles. The standard InChI is InChI=1S/C19H19ClO4/c1-19(2,12-17(21)23-3)24-16-10-6-14(7-11-16)18(22)13-4-8-15(20)9-5-13/h4-11H,12H2,1-3H3. The lowest BCUT2D eigenvalue weighted by Crippen LogP contribution is -2.31. The number of carbonyl (C=O) groups excluding carboxylic acids is 2. The summed E-state index contributed by atoms with van der Waals surface area (Å²) in [5, 5.41) is 0.586. The Morgan fingerprint density at radius 3 is 1.96 bits per heavy atom. The summed E-state index contributed by atoms with van der Waals surface area (Å²) in [6, 6.07) is 13.6. The summed E-state index contributed by atoms with van der Waals surface area (Å²) in [5.41, 5.74) is 0.420. The highest BCUT2D eigenvalue weighted by molar-refractivity contribution is 6.30. The van der Waals surface area contributed by atoms with Gasteiger partial charge in [-0.05, 0) is 62.4 Å².